The lowest BCUT2D eigenvalue weighted by Gasteiger charge is -2.04. The minimum absolute atomic E-state index is 0.336. The van der Waals surface area contributed by atoms with E-state index in [1.165, 1.54) is 12.1 Å². The molecule has 0 aliphatic carbocycles. The molecule has 0 saturated carbocycles. The average Bonchev–Trinajstić information content (AvgIpc) is 2.09. The molecule has 1 rings (SSSR count). The highest BCUT2D eigenvalue weighted by molar-refractivity contribution is 6.33. The molecule has 1 aromatic carbocycles. The van der Waals surface area contributed by atoms with E-state index in [2.05, 4.69) is 17.2 Å². The second-order valence-corrected chi connectivity index (χ2v) is 2.81. The van der Waals surface area contributed by atoms with Gasteiger partial charge in [0.05, 0.1) is 17.3 Å². The van der Waals surface area contributed by atoms with Crippen LogP contribution in [0.1, 0.15) is 6.92 Å². The summed E-state index contributed by atoms with van der Waals surface area (Å²) in [7, 11) is 0. The van der Waals surface area contributed by atoms with Crippen molar-refractivity contribution in [1.82, 2.24) is 0 Å². The van der Waals surface area contributed by atoms with Crippen molar-refractivity contribution < 1.29 is 4.39 Å². The number of benzene rings is 1. The Kier molecular flexibility index (Phi) is 3.60. The van der Waals surface area contributed by atoms with Gasteiger partial charge in [-0.2, -0.15) is 0 Å². The molecule has 0 atom stereocenters. The molecule has 0 bridgehead atoms. The molecule has 0 unspecified atom stereocenters. The SMILES string of the molecule is CC#CCNc1ccc(F)cc1Cl. The zero-order valence-corrected chi connectivity index (χ0v) is 7.95. The zero-order valence-electron chi connectivity index (χ0n) is 7.20. The molecule has 0 aromatic heterocycles. The van der Waals surface area contributed by atoms with Gasteiger partial charge in [-0.25, -0.2) is 4.39 Å². The number of nitrogens with one attached hydrogen (secondary N) is 1. The maximum atomic E-state index is 12.6. The lowest BCUT2D eigenvalue weighted by atomic mass is 10.3. The first-order valence-electron chi connectivity index (χ1n) is 3.82. The van der Waals surface area contributed by atoms with Crippen molar-refractivity contribution in [3.8, 4) is 11.8 Å². The highest BCUT2D eigenvalue weighted by atomic mass is 35.5. The molecule has 0 spiro atoms. The lowest BCUT2D eigenvalue weighted by Crippen LogP contribution is -1.99. The zero-order chi connectivity index (χ0) is 9.68. The van der Waals surface area contributed by atoms with E-state index >= 15 is 0 Å². The van der Waals surface area contributed by atoms with Crippen molar-refractivity contribution >= 4 is 17.3 Å². The number of rotatable bonds is 2. The average molecular weight is 198 g/mol. The molecule has 0 saturated heterocycles. The van der Waals surface area contributed by atoms with Gasteiger partial charge in [-0.3, -0.25) is 0 Å². The summed E-state index contributed by atoms with van der Waals surface area (Å²) < 4.78 is 12.6. The van der Waals surface area contributed by atoms with Crippen LogP contribution in [0.25, 0.3) is 0 Å². The van der Waals surface area contributed by atoms with Crippen LogP contribution in [0.4, 0.5) is 10.1 Å². The predicted molar refractivity (Wildman–Crippen MR) is 53.3 cm³/mol. The van der Waals surface area contributed by atoms with Crippen LogP contribution in [0.3, 0.4) is 0 Å². The molecule has 1 nitrogen and oxygen atoms in total. The monoisotopic (exact) mass is 197 g/mol. The second kappa shape index (κ2) is 4.74. The summed E-state index contributed by atoms with van der Waals surface area (Å²) in [5, 5.41) is 3.34. The molecule has 0 fully saturated rings. The third-order valence-corrected chi connectivity index (χ3v) is 1.79. The first kappa shape index (κ1) is 9.88. The molecule has 3 heteroatoms. The van der Waals surface area contributed by atoms with Gasteiger partial charge in [-0.1, -0.05) is 17.5 Å². The van der Waals surface area contributed by atoms with Crippen LogP contribution in [0.5, 0.6) is 0 Å². The van der Waals surface area contributed by atoms with Crippen molar-refractivity contribution in [3.05, 3.63) is 29.0 Å². The topological polar surface area (TPSA) is 12.0 Å². The Morgan fingerprint density at radius 1 is 1.54 bits per heavy atom. The van der Waals surface area contributed by atoms with Crippen LogP contribution in [0, 0.1) is 17.7 Å². The van der Waals surface area contributed by atoms with Gasteiger partial charge in [-0.15, -0.1) is 5.92 Å². The minimum atomic E-state index is -0.336. The fourth-order valence-corrected chi connectivity index (χ4v) is 1.09. The molecular formula is C10H9ClFN. The van der Waals surface area contributed by atoms with Gasteiger partial charge in [0.1, 0.15) is 5.82 Å². The number of anilines is 1. The van der Waals surface area contributed by atoms with Crippen molar-refractivity contribution in [2.75, 3.05) is 11.9 Å². The van der Waals surface area contributed by atoms with Gasteiger partial charge in [0.2, 0.25) is 0 Å². The van der Waals surface area contributed by atoms with Crippen LogP contribution in [-0.2, 0) is 0 Å². The molecular weight excluding hydrogens is 189 g/mol. The standard InChI is InChI=1S/C10H9ClFN/c1-2-3-6-13-10-5-4-8(12)7-9(10)11/h4-5,7,13H,6H2,1H3. The quantitative estimate of drug-likeness (QED) is 0.719. The Morgan fingerprint density at radius 3 is 2.92 bits per heavy atom. The molecule has 13 heavy (non-hydrogen) atoms. The van der Waals surface area contributed by atoms with E-state index in [0.717, 1.165) is 0 Å². The van der Waals surface area contributed by atoms with Gasteiger partial charge < -0.3 is 5.32 Å². The van der Waals surface area contributed by atoms with Crippen molar-refractivity contribution in [2.24, 2.45) is 0 Å². The van der Waals surface area contributed by atoms with E-state index in [9.17, 15) is 4.39 Å². The Bertz CT molecular complexity index is 352. The molecule has 1 aromatic rings. The first-order valence-corrected chi connectivity index (χ1v) is 4.20. The highest BCUT2D eigenvalue weighted by Gasteiger charge is 1.99. The molecule has 68 valence electrons. The van der Waals surface area contributed by atoms with E-state index in [4.69, 9.17) is 11.6 Å². The second-order valence-electron chi connectivity index (χ2n) is 2.40. The molecule has 0 heterocycles. The lowest BCUT2D eigenvalue weighted by molar-refractivity contribution is 0.628. The van der Waals surface area contributed by atoms with Gasteiger partial charge in [0.25, 0.3) is 0 Å². The maximum absolute atomic E-state index is 12.6. The van der Waals surface area contributed by atoms with Gasteiger partial charge in [0.15, 0.2) is 0 Å². The number of halogens is 2. The van der Waals surface area contributed by atoms with Crippen LogP contribution in [0.15, 0.2) is 18.2 Å². The van der Waals surface area contributed by atoms with E-state index < -0.39 is 0 Å². The summed E-state index contributed by atoms with van der Waals surface area (Å²) >= 11 is 5.76. The fraction of sp³-hybridized carbons (Fsp3) is 0.200. The van der Waals surface area contributed by atoms with Crippen molar-refractivity contribution in [2.45, 2.75) is 6.92 Å². The van der Waals surface area contributed by atoms with E-state index in [1.807, 2.05) is 0 Å². The van der Waals surface area contributed by atoms with Gasteiger partial charge in [-0.05, 0) is 25.1 Å². The Labute approximate surface area is 81.9 Å². The Balaban J connectivity index is 2.70. The maximum Gasteiger partial charge on any atom is 0.124 e. The van der Waals surface area contributed by atoms with E-state index in [0.29, 0.717) is 17.3 Å². The van der Waals surface area contributed by atoms with Crippen LogP contribution < -0.4 is 5.32 Å². The van der Waals surface area contributed by atoms with Gasteiger partial charge >= 0.3 is 0 Å². The van der Waals surface area contributed by atoms with Gasteiger partial charge in [0, 0.05) is 0 Å². The largest absolute Gasteiger partial charge is 0.373 e. The van der Waals surface area contributed by atoms with E-state index in [1.54, 1.807) is 13.0 Å². The van der Waals surface area contributed by atoms with Crippen LogP contribution in [0.2, 0.25) is 5.02 Å². The Hall–Kier alpha value is -1.20. The summed E-state index contributed by atoms with van der Waals surface area (Å²) in [6, 6.07) is 4.21. The summed E-state index contributed by atoms with van der Waals surface area (Å²) in [5.74, 6) is 5.23. The number of hydrogen-bond donors (Lipinski definition) is 1. The molecule has 1 N–H and O–H groups in total. The number of hydrogen-bond acceptors (Lipinski definition) is 1. The fourth-order valence-electron chi connectivity index (χ4n) is 0.861. The van der Waals surface area contributed by atoms with Crippen LogP contribution >= 0.6 is 11.6 Å². The summed E-state index contributed by atoms with van der Waals surface area (Å²) in [6.45, 7) is 2.27. The highest BCUT2D eigenvalue weighted by Crippen LogP contribution is 2.21. The molecule has 0 amide bonds. The smallest absolute Gasteiger partial charge is 0.124 e. The third-order valence-electron chi connectivity index (χ3n) is 1.48. The van der Waals surface area contributed by atoms with Crippen molar-refractivity contribution in [3.63, 3.8) is 0 Å². The molecule has 0 radical (unpaired) electrons. The normalized spacial score (nSPS) is 8.85. The predicted octanol–water partition coefficient (Wildman–Crippen LogP) is 2.91. The van der Waals surface area contributed by atoms with Crippen LogP contribution in [-0.4, -0.2) is 6.54 Å². The summed E-state index contributed by atoms with van der Waals surface area (Å²) in [4.78, 5) is 0. The third kappa shape index (κ3) is 2.96. The van der Waals surface area contributed by atoms with E-state index in [-0.39, 0.29) is 5.82 Å². The molecule has 0 aliphatic rings. The van der Waals surface area contributed by atoms with Crippen molar-refractivity contribution in [1.29, 1.82) is 0 Å². The molecule has 0 aliphatic heterocycles. The Morgan fingerprint density at radius 2 is 2.31 bits per heavy atom. The first-order chi connectivity index (χ1) is 6.24. The minimum Gasteiger partial charge on any atom is -0.373 e. The summed E-state index contributed by atoms with van der Waals surface area (Å²) in [6.07, 6.45) is 0. The summed E-state index contributed by atoms with van der Waals surface area (Å²) in [5.41, 5.74) is 0.700.